The SMILES string of the molecule is COc1ccc(-c2csc(NC(=O)c3cc(SC)ccc3Cl)n2)cc1OC. The van der Waals surface area contributed by atoms with Gasteiger partial charge < -0.3 is 9.47 Å². The van der Waals surface area contributed by atoms with Crippen molar-refractivity contribution >= 4 is 45.7 Å². The fraction of sp³-hybridized carbons (Fsp3) is 0.158. The molecule has 3 aromatic rings. The summed E-state index contributed by atoms with van der Waals surface area (Å²) >= 11 is 9.06. The molecule has 0 saturated carbocycles. The number of methoxy groups -OCH3 is 2. The number of thiazole rings is 1. The van der Waals surface area contributed by atoms with Crippen molar-refractivity contribution in [3.63, 3.8) is 0 Å². The van der Waals surface area contributed by atoms with Gasteiger partial charge in [0.2, 0.25) is 0 Å². The van der Waals surface area contributed by atoms with Crippen LogP contribution in [0, 0.1) is 0 Å². The van der Waals surface area contributed by atoms with E-state index in [1.54, 1.807) is 38.1 Å². The van der Waals surface area contributed by atoms with Crippen molar-refractivity contribution in [3.05, 3.63) is 52.4 Å². The highest BCUT2D eigenvalue weighted by Crippen LogP contribution is 2.33. The summed E-state index contributed by atoms with van der Waals surface area (Å²) in [5, 5.41) is 5.58. The van der Waals surface area contributed by atoms with Gasteiger partial charge in [0, 0.05) is 15.8 Å². The normalized spacial score (nSPS) is 10.5. The molecular weight excluding hydrogens is 404 g/mol. The Morgan fingerprint density at radius 2 is 1.93 bits per heavy atom. The lowest BCUT2D eigenvalue weighted by Gasteiger charge is -2.08. The number of anilines is 1. The summed E-state index contributed by atoms with van der Waals surface area (Å²) in [5.74, 6) is 0.978. The minimum Gasteiger partial charge on any atom is -0.493 e. The standard InChI is InChI=1S/C19H17ClN2O3S2/c1-24-16-7-4-11(8-17(16)25-2)15-10-27-19(21-15)22-18(23)13-9-12(26-3)5-6-14(13)20/h4-10H,1-3H3,(H,21,22,23). The molecule has 0 unspecified atom stereocenters. The molecule has 0 aliphatic rings. The van der Waals surface area contributed by atoms with Gasteiger partial charge in [0.1, 0.15) is 0 Å². The van der Waals surface area contributed by atoms with Crippen molar-refractivity contribution in [2.24, 2.45) is 0 Å². The zero-order chi connectivity index (χ0) is 19.4. The van der Waals surface area contributed by atoms with Gasteiger partial charge in [-0.2, -0.15) is 0 Å². The van der Waals surface area contributed by atoms with Crippen molar-refractivity contribution in [3.8, 4) is 22.8 Å². The molecule has 0 aliphatic heterocycles. The van der Waals surface area contributed by atoms with Crippen LogP contribution in [-0.4, -0.2) is 31.4 Å². The number of nitrogens with one attached hydrogen (secondary N) is 1. The molecule has 1 heterocycles. The molecule has 0 bridgehead atoms. The highest BCUT2D eigenvalue weighted by Gasteiger charge is 2.15. The van der Waals surface area contributed by atoms with E-state index in [0.717, 1.165) is 16.2 Å². The van der Waals surface area contributed by atoms with Crippen LogP contribution in [0.1, 0.15) is 10.4 Å². The van der Waals surface area contributed by atoms with E-state index < -0.39 is 0 Å². The van der Waals surface area contributed by atoms with E-state index in [1.807, 2.05) is 35.9 Å². The van der Waals surface area contributed by atoms with Crippen LogP contribution in [0.2, 0.25) is 5.02 Å². The van der Waals surface area contributed by atoms with E-state index in [1.165, 1.54) is 11.3 Å². The van der Waals surface area contributed by atoms with Gasteiger partial charge in [-0.1, -0.05) is 11.6 Å². The quantitative estimate of drug-likeness (QED) is 0.537. The minimum atomic E-state index is -0.288. The highest BCUT2D eigenvalue weighted by molar-refractivity contribution is 7.98. The number of aromatic nitrogens is 1. The Morgan fingerprint density at radius 3 is 2.63 bits per heavy atom. The fourth-order valence-corrected chi connectivity index (χ4v) is 3.79. The van der Waals surface area contributed by atoms with Crippen molar-refractivity contribution < 1.29 is 14.3 Å². The van der Waals surface area contributed by atoms with E-state index in [9.17, 15) is 4.79 Å². The summed E-state index contributed by atoms with van der Waals surface area (Å²) in [7, 11) is 3.17. The van der Waals surface area contributed by atoms with Gasteiger partial charge in [0.05, 0.1) is 30.5 Å². The second-order valence-electron chi connectivity index (χ2n) is 5.41. The topological polar surface area (TPSA) is 60.5 Å². The zero-order valence-electron chi connectivity index (χ0n) is 14.9. The first-order valence-corrected chi connectivity index (χ1v) is 10.4. The molecule has 1 amide bonds. The second-order valence-corrected chi connectivity index (χ2v) is 7.55. The first kappa shape index (κ1) is 19.5. The van der Waals surface area contributed by atoms with E-state index in [0.29, 0.717) is 27.2 Å². The number of amides is 1. The molecule has 140 valence electrons. The van der Waals surface area contributed by atoms with Gasteiger partial charge in [-0.25, -0.2) is 4.98 Å². The number of carbonyl (C=O) groups excluding carboxylic acids is 1. The Kier molecular flexibility index (Phi) is 6.26. The third-order valence-electron chi connectivity index (χ3n) is 3.82. The number of ether oxygens (including phenoxy) is 2. The number of nitrogens with zero attached hydrogens (tertiary/aromatic N) is 1. The van der Waals surface area contributed by atoms with Crippen molar-refractivity contribution in [2.45, 2.75) is 4.90 Å². The Balaban J connectivity index is 1.81. The minimum absolute atomic E-state index is 0.288. The number of hydrogen-bond acceptors (Lipinski definition) is 6. The number of rotatable bonds is 6. The first-order valence-electron chi connectivity index (χ1n) is 7.88. The maximum Gasteiger partial charge on any atom is 0.258 e. The lowest BCUT2D eigenvalue weighted by Crippen LogP contribution is -2.12. The van der Waals surface area contributed by atoms with Gasteiger partial charge in [-0.3, -0.25) is 10.1 Å². The predicted octanol–water partition coefficient (Wildman–Crippen LogP) is 5.45. The van der Waals surface area contributed by atoms with Crippen molar-refractivity contribution in [1.82, 2.24) is 4.98 Å². The average Bonchev–Trinajstić information content (AvgIpc) is 3.16. The first-order chi connectivity index (χ1) is 13.0. The molecule has 0 radical (unpaired) electrons. The molecule has 1 N–H and O–H groups in total. The molecule has 0 spiro atoms. The summed E-state index contributed by atoms with van der Waals surface area (Å²) in [5.41, 5.74) is 2.03. The average molecular weight is 421 g/mol. The van der Waals surface area contributed by atoms with Crippen LogP contribution in [0.4, 0.5) is 5.13 Å². The van der Waals surface area contributed by atoms with Crippen LogP contribution in [0.25, 0.3) is 11.3 Å². The zero-order valence-corrected chi connectivity index (χ0v) is 17.3. The molecule has 0 saturated heterocycles. The summed E-state index contributed by atoms with van der Waals surface area (Å²) in [6.07, 6.45) is 1.95. The van der Waals surface area contributed by atoms with E-state index in [4.69, 9.17) is 21.1 Å². The summed E-state index contributed by atoms with van der Waals surface area (Å²) < 4.78 is 10.6. The molecule has 8 heteroatoms. The van der Waals surface area contributed by atoms with Crippen LogP contribution in [0.15, 0.2) is 46.7 Å². The molecule has 1 aromatic heterocycles. The summed E-state index contributed by atoms with van der Waals surface area (Å²) in [6, 6.07) is 10.9. The lowest BCUT2D eigenvalue weighted by atomic mass is 10.1. The van der Waals surface area contributed by atoms with Gasteiger partial charge in [-0.05, 0) is 42.7 Å². The lowest BCUT2D eigenvalue weighted by molar-refractivity contribution is 0.102. The molecule has 0 fully saturated rings. The predicted molar refractivity (Wildman–Crippen MR) is 112 cm³/mol. The Morgan fingerprint density at radius 1 is 1.15 bits per heavy atom. The van der Waals surface area contributed by atoms with Crippen LogP contribution in [-0.2, 0) is 0 Å². The second kappa shape index (κ2) is 8.65. The molecule has 0 atom stereocenters. The van der Waals surface area contributed by atoms with E-state index in [-0.39, 0.29) is 5.91 Å². The molecule has 5 nitrogen and oxygen atoms in total. The van der Waals surface area contributed by atoms with Gasteiger partial charge >= 0.3 is 0 Å². The molecule has 27 heavy (non-hydrogen) atoms. The van der Waals surface area contributed by atoms with Crippen LogP contribution in [0.5, 0.6) is 11.5 Å². The third-order valence-corrected chi connectivity index (χ3v) is 5.63. The maximum atomic E-state index is 12.6. The Bertz CT molecular complexity index is 975. The smallest absolute Gasteiger partial charge is 0.258 e. The maximum absolute atomic E-state index is 12.6. The largest absolute Gasteiger partial charge is 0.493 e. The summed E-state index contributed by atoms with van der Waals surface area (Å²) in [6.45, 7) is 0. The summed E-state index contributed by atoms with van der Waals surface area (Å²) in [4.78, 5) is 18.0. The number of thioether (sulfide) groups is 1. The fourth-order valence-electron chi connectivity index (χ4n) is 2.43. The van der Waals surface area contributed by atoms with Gasteiger partial charge in [-0.15, -0.1) is 23.1 Å². The van der Waals surface area contributed by atoms with Crippen LogP contribution >= 0.6 is 34.7 Å². The Hall–Kier alpha value is -2.22. The van der Waals surface area contributed by atoms with E-state index >= 15 is 0 Å². The van der Waals surface area contributed by atoms with Crippen molar-refractivity contribution in [2.75, 3.05) is 25.8 Å². The van der Waals surface area contributed by atoms with Gasteiger partial charge in [0.25, 0.3) is 5.91 Å². The highest BCUT2D eigenvalue weighted by atomic mass is 35.5. The molecule has 3 rings (SSSR count). The van der Waals surface area contributed by atoms with Crippen LogP contribution < -0.4 is 14.8 Å². The van der Waals surface area contributed by atoms with Crippen molar-refractivity contribution in [1.29, 1.82) is 0 Å². The molecule has 0 aliphatic carbocycles. The number of halogens is 1. The third kappa shape index (κ3) is 4.37. The number of hydrogen-bond donors (Lipinski definition) is 1. The monoisotopic (exact) mass is 420 g/mol. The van der Waals surface area contributed by atoms with Gasteiger partial charge in [0.15, 0.2) is 16.6 Å². The number of benzene rings is 2. The van der Waals surface area contributed by atoms with E-state index in [2.05, 4.69) is 10.3 Å². The number of carbonyl (C=O) groups is 1. The van der Waals surface area contributed by atoms with Crippen LogP contribution in [0.3, 0.4) is 0 Å². The Labute approximate surface area is 170 Å². The molecule has 2 aromatic carbocycles. The molecular formula is C19H17ClN2O3S2.